The van der Waals surface area contributed by atoms with Crippen molar-refractivity contribution in [3.8, 4) is 11.5 Å². The van der Waals surface area contributed by atoms with Gasteiger partial charge in [0.05, 0.1) is 31.5 Å². The van der Waals surface area contributed by atoms with Crippen molar-refractivity contribution in [2.24, 2.45) is 5.10 Å². The van der Waals surface area contributed by atoms with Crippen molar-refractivity contribution >= 4 is 22.7 Å². The summed E-state index contributed by atoms with van der Waals surface area (Å²) >= 11 is 0. The normalized spacial score (nSPS) is 15.3. The highest BCUT2D eigenvalue weighted by molar-refractivity contribution is 6.03. The molecule has 1 atom stereocenters. The Morgan fingerprint density at radius 2 is 1.80 bits per heavy atom. The van der Waals surface area contributed by atoms with Gasteiger partial charge in [0.25, 0.3) is 5.91 Å². The first kappa shape index (κ1) is 22.5. The number of hydrogen-bond donors (Lipinski definition) is 0. The number of hydrogen-bond acceptors (Lipinski definition) is 6. The summed E-state index contributed by atoms with van der Waals surface area (Å²) in [4.78, 5) is 26.1. The largest absolute Gasteiger partial charge is 0.493 e. The molecule has 1 aliphatic heterocycles. The van der Waals surface area contributed by atoms with Gasteiger partial charge < -0.3 is 13.9 Å². The first-order chi connectivity index (χ1) is 17.0. The van der Waals surface area contributed by atoms with E-state index in [4.69, 9.17) is 19.0 Å². The number of hydrazone groups is 1. The van der Waals surface area contributed by atoms with Gasteiger partial charge in [-0.25, -0.2) is 9.80 Å². The zero-order valence-corrected chi connectivity index (χ0v) is 19.7. The summed E-state index contributed by atoms with van der Waals surface area (Å²) in [6.07, 6.45) is 0.519. The van der Waals surface area contributed by atoms with Crippen LogP contribution in [0.4, 0.5) is 0 Å². The van der Waals surface area contributed by atoms with E-state index >= 15 is 0 Å². The maximum absolute atomic E-state index is 13.6. The molecule has 1 aromatic heterocycles. The minimum absolute atomic E-state index is 0.190. The number of benzene rings is 3. The highest BCUT2D eigenvalue weighted by Crippen LogP contribution is 2.37. The molecule has 8 heteroatoms. The lowest BCUT2D eigenvalue weighted by Gasteiger charge is -2.23. The monoisotopic (exact) mass is 471 g/mol. The van der Waals surface area contributed by atoms with E-state index in [0.29, 0.717) is 29.0 Å². The second kappa shape index (κ2) is 9.13. The Labute approximate surface area is 202 Å². The second-order valence-electron chi connectivity index (χ2n) is 8.41. The third-order valence-corrected chi connectivity index (χ3v) is 6.18. The topological polar surface area (TPSA) is 86.3 Å². The summed E-state index contributed by atoms with van der Waals surface area (Å²) in [6.45, 7) is 1.73. The average Bonchev–Trinajstić information content (AvgIpc) is 3.46. The second-order valence-corrected chi connectivity index (χ2v) is 8.41. The van der Waals surface area contributed by atoms with Gasteiger partial charge in [-0.1, -0.05) is 42.5 Å². The van der Waals surface area contributed by atoms with Crippen LogP contribution in [-0.4, -0.2) is 35.4 Å². The Bertz CT molecular complexity index is 1490. The van der Waals surface area contributed by atoms with E-state index in [2.05, 4.69) is 0 Å². The van der Waals surface area contributed by atoms with Gasteiger partial charge in [-0.05, 0) is 47.9 Å². The molecule has 0 bridgehead atoms. The Kier molecular flexibility index (Phi) is 5.86. The third-order valence-electron chi connectivity index (χ3n) is 6.18. The van der Waals surface area contributed by atoms with E-state index in [1.165, 1.54) is 9.58 Å². The number of aromatic nitrogens is 1. The van der Waals surface area contributed by atoms with Crippen LogP contribution in [0.5, 0.6) is 11.5 Å². The molecule has 8 nitrogen and oxygen atoms in total. The number of methoxy groups -OCH3 is 2. The predicted octanol–water partition coefficient (Wildman–Crippen LogP) is 4.30. The van der Waals surface area contributed by atoms with Crippen LogP contribution in [-0.2, 0) is 11.3 Å². The van der Waals surface area contributed by atoms with Crippen LogP contribution < -0.4 is 15.2 Å². The molecule has 1 aliphatic rings. The molecule has 1 amide bonds. The molecule has 0 N–H and O–H groups in total. The summed E-state index contributed by atoms with van der Waals surface area (Å²) in [5.41, 5.74) is 4.57. The standard InChI is InChI=1S/C27H25N3O5/c1-17-9-11-23-22(13-17)29(27(32)35-23)16-26(31)30-21(15-20(28-30)18-7-5-4-6-8-18)19-10-12-24(33-2)25(14-19)34-3/h4-14,21H,15-16H2,1-3H3. The fourth-order valence-electron chi connectivity index (χ4n) is 4.39. The zero-order chi connectivity index (χ0) is 24.5. The van der Waals surface area contributed by atoms with E-state index in [1.54, 1.807) is 20.3 Å². The number of rotatable bonds is 6. The lowest BCUT2D eigenvalue weighted by Crippen LogP contribution is -2.32. The van der Waals surface area contributed by atoms with Crippen molar-refractivity contribution in [2.75, 3.05) is 14.2 Å². The van der Waals surface area contributed by atoms with Crippen LogP contribution in [0, 0.1) is 6.92 Å². The van der Waals surface area contributed by atoms with Crippen molar-refractivity contribution in [1.82, 2.24) is 9.58 Å². The fourth-order valence-corrected chi connectivity index (χ4v) is 4.39. The van der Waals surface area contributed by atoms with Crippen LogP contribution in [0.15, 0.2) is 81.0 Å². The maximum Gasteiger partial charge on any atom is 0.420 e. The Morgan fingerprint density at radius 3 is 2.54 bits per heavy atom. The third kappa shape index (κ3) is 4.19. The first-order valence-corrected chi connectivity index (χ1v) is 11.3. The average molecular weight is 472 g/mol. The van der Waals surface area contributed by atoms with Gasteiger partial charge in [-0.15, -0.1) is 0 Å². The van der Waals surface area contributed by atoms with Crippen molar-refractivity contribution in [2.45, 2.75) is 25.9 Å². The minimum atomic E-state index is -0.576. The summed E-state index contributed by atoms with van der Waals surface area (Å²) < 4.78 is 17.5. The molecule has 1 unspecified atom stereocenters. The SMILES string of the molecule is COc1ccc(C2CC(c3ccccc3)=NN2C(=O)Cn2c(=O)oc3ccc(C)cc32)cc1OC. The molecule has 0 aliphatic carbocycles. The van der Waals surface area contributed by atoms with Gasteiger partial charge in [0, 0.05) is 6.42 Å². The lowest BCUT2D eigenvalue weighted by molar-refractivity contribution is -0.133. The Hall–Kier alpha value is -4.33. The number of carbonyl (C=O) groups is 1. The number of ether oxygens (including phenoxy) is 2. The number of carbonyl (C=O) groups excluding carboxylic acids is 1. The fraction of sp³-hybridized carbons (Fsp3) is 0.222. The number of nitrogens with zero attached hydrogens (tertiary/aromatic N) is 3. The minimum Gasteiger partial charge on any atom is -0.493 e. The quantitative estimate of drug-likeness (QED) is 0.419. The molecule has 4 aromatic rings. The molecule has 3 aromatic carbocycles. The van der Waals surface area contributed by atoms with Gasteiger partial charge in [0.2, 0.25) is 0 Å². The van der Waals surface area contributed by atoms with Gasteiger partial charge in [0.1, 0.15) is 6.54 Å². The van der Waals surface area contributed by atoms with E-state index in [1.807, 2.05) is 67.6 Å². The number of aryl methyl sites for hydroxylation is 1. The van der Waals surface area contributed by atoms with Crippen molar-refractivity contribution in [3.05, 3.63) is 94.0 Å². The van der Waals surface area contributed by atoms with Gasteiger partial charge >= 0.3 is 5.76 Å². The van der Waals surface area contributed by atoms with E-state index in [9.17, 15) is 9.59 Å². The lowest BCUT2D eigenvalue weighted by atomic mass is 9.98. The Morgan fingerprint density at radius 1 is 1.03 bits per heavy atom. The molecule has 35 heavy (non-hydrogen) atoms. The summed E-state index contributed by atoms with van der Waals surface area (Å²) in [7, 11) is 3.15. The molecule has 0 fully saturated rings. The number of amides is 1. The van der Waals surface area contributed by atoms with Crippen LogP contribution >= 0.6 is 0 Å². The molecule has 0 saturated heterocycles. The van der Waals surface area contributed by atoms with E-state index < -0.39 is 5.76 Å². The predicted molar refractivity (Wildman–Crippen MR) is 132 cm³/mol. The molecule has 5 rings (SSSR count). The molecule has 0 radical (unpaired) electrons. The molecular formula is C27H25N3O5. The van der Waals surface area contributed by atoms with Gasteiger partial charge in [-0.2, -0.15) is 5.10 Å². The number of fused-ring (bicyclic) bond motifs is 1. The van der Waals surface area contributed by atoms with Gasteiger partial charge in [0.15, 0.2) is 17.1 Å². The van der Waals surface area contributed by atoms with Gasteiger partial charge in [-0.3, -0.25) is 9.36 Å². The van der Waals surface area contributed by atoms with Crippen molar-refractivity contribution in [3.63, 3.8) is 0 Å². The highest BCUT2D eigenvalue weighted by Gasteiger charge is 2.34. The highest BCUT2D eigenvalue weighted by atomic mass is 16.5. The van der Waals surface area contributed by atoms with E-state index in [0.717, 1.165) is 22.4 Å². The first-order valence-electron chi connectivity index (χ1n) is 11.3. The van der Waals surface area contributed by atoms with Crippen LogP contribution in [0.25, 0.3) is 11.1 Å². The van der Waals surface area contributed by atoms with E-state index in [-0.39, 0.29) is 18.5 Å². The van der Waals surface area contributed by atoms with Crippen LogP contribution in [0.3, 0.4) is 0 Å². The molecule has 0 saturated carbocycles. The smallest absolute Gasteiger partial charge is 0.420 e. The molecular weight excluding hydrogens is 446 g/mol. The maximum atomic E-state index is 13.6. The molecule has 2 heterocycles. The van der Waals surface area contributed by atoms with Crippen LogP contribution in [0.2, 0.25) is 0 Å². The van der Waals surface area contributed by atoms with Crippen molar-refractivity contribution < 1.29 is 18.7 Å². The Balaban J connectivity index is 1.53. The molecule has 178 valence electrons. The zero-order valence-electron chi connectivity index (χ0n) is 19.7. The van der Waals surface area contributed by atoms with Crippen LogP contribution in [0.1, 0.15) is 29.2 Å². The molecule has 0 spiro atoms. The summed E-state index contributed by atoms with van der Waals surface area (Å²) in [5, 5.41) is 6.17. The summed E-state index contributed by atoms with van der Waals surface area (Å²) in [6, 6.07) is 20.4. The van der Waals surface area contributed by atoms with Crippen molar-refractivity contribution in [1.29, 1.82) is 0 Å². The number of oxazole rings is 1. The summed E-state index contributed by atoms with van der Waals surface area (Å²) in [5.74, 6) is 0.274.